The van der Waals surface area contributed by atoms with E-state index >= 15 is 0 Å². The molecular formula is C14H12N4OS. The maximum Gasteiger partial charge on any atom is 0.209 e. The number of thioether (sulfide) groups is 1. The van der Waals surface area contributed by atoms with Crippen LogP contribution in [0.3, 0.4) is 0 Å². The van der Waals surface area contributed by atoms with Gasteiger partial charge in [-0.3, -0.25) is 4.79 Å². The summed E-state index contributed by atoms with van der Waals surface area (Å²) in [5.74, 6) is 0.399. The number of rotatable bonds is 4. The molecule has 1 aromatic heterocycles. The lowest BCUT2D eigenvalue weighted by molar-refractivity contribution is 0.102. The molecule has 0 saturated carbocycles. The third-order valence-electron chi connectivity index (χ3n) is 2.99. The second-order valence-electron chi connectivity index (χ2n) is 4.36. The Morgan fingerprint density at radius 1 is 1.20 bits per heavy atom. The maximum atomic E-state index is 12.2. The molecule has 100 valence electrons. The van der Waals surface area contributed by atoms with Crippen molar-refractivity contribution in [1.82, 2.24) is 20.2 Å². The van der Waals surface area contributed by atoms with Crippen LogP contribution < -0.4 is 0 Å². The highest BCUT2D eigenvalue weighted by atomic mass is 32.2. The molecule has 0 N–H and O–H groups in total. The van der Waals surface area contributed by atoms with E-state index in [1.54, 1.807) is 11.7 Å². The summed E-state index contributed by atoms with van der Waals surface area (Å²) in [4.78, 5) is 12.2. The number of fused-ring (bicyclic) bond motifs is 1. The lowest BCUT2D eigenvalue weighted by atomic mass is 10.1. The topological polar surface area (TPSA) is 60.7 Å². The Bertz CT molecular complexity index is 768. The van der Waals surface area contributed by atoms with Crippen molar-refractivity contribution in [3.05, 3.63) is 48.0 Å². The van der Waals surface area contributed by atoms with Gasteiger partial charge in [0.2, 0.25) is 5.16 Å². The highest BCUT2D eigenvalue weighted by molar-refractivity contribution is 7.99. The molecule has 1 heterocycles. The Labute approximate surface area is 120 Å². The molecule has 0 fully saturated rings. The van der Waals surface area contributed by atoms with Crippen LogP contribution in [0.1, 0.15) is 10.4 Å². The van der Waals surface area contributed by atoms with Gasteiger partial charge in [0.05, 0.1) is 5.75 Å². The van der Waals surface area contributed by atoms with Crippen molar-refractivity contribution < 1.29 is 4.79 Å². The predicted molar refractivity (Wildman–Crippen MR) is 77.8 cm³/mol. The normalized spacial score (nSPS) is 10.8. The summed E-state index contributed by atoms with van der Waals surface area (Å²) in [7, 11) is 1.75. The summed E-state index contributed by atoms with van der Waals surface area (Å²) in [5.41, 5.74) is 0.714. The van der Waals surface area contributed by atoms with E-state index in [9.17, 15) is 4.79 Å². The third-order valence-corrected chi connectivity index (χ3v) is 4.00. The molecule has 0 aliphatic rings. The summed E-state index contributed by atoms with van der Waals surface area (Å²) in [5, 5.41) is 14.0. The summed E-state index contributed by atoms with van der Waals surface area (Å²) in [6.45, 7) is 0. The van der Waals surface area contributed by atoms with E-state index in [0.717, 1.165) is 10.8 Å². The van der Waals surface area contributed by atoms with Crippen molar-refractivity contribution in [1.29, 1.82) is 0 Å². The molecule has 3 rings (SSSR count). The van der Waals surface area contributed by atoms with Crippen LogP contribution in [0.2, 0.25) is 0 Å². The Kier molecular flexibility index (Phi) is 3.47. The summed E-state index contributed by atoms with van der Waals surface area (Å²) in [6, 6.07) is 13.7. The van der Waals surface area contributed by atoms with E-state index in [1.165, 1.54) is 11.8 Å². The van der Waals surface area contributed by atoms with Gasteiger partial charge in [0.15, 0.2) is 5.78 Å². The van der Waals surface area contributed by atoms with Crippen LogP contribution in [0, 0.1) is 0 Å². The molecular weight excluding hydrogens is 272 g/mol. The van der Waals surface area contributed by atoms with Gasteiger partial charge in [0, 0.05) is 12.6 Å². The average Bonchev–Trinajstić information content (AvgIpc) is 2.89. The number of aromatic nitrogens is 4. The highest BCUT2D eigenvalue weighted by Gasteiger charge is 2.10. The summed E-state index contributed by atoms with van der Waals surface area (Å²) < 4.78 is 1.55. The number of benzene rings is 2. The lowest BCUT2D eigenvalue weighted by Crippen LogP contribution is -2.04. The van der Waals surface area contributed by atoms with Crippen LogP contribution in [-0.2, 0) is 7.05 Å². The van der Waals surface area contributed by atoms with Crippen LogP contribution in [0.5, 0.6) is 0 Å². The molecule has 5 nitrogen and oxygen atoms in total. The predicted octanol–water partition coefficient (Wildman–Crippen LogP) is 2.34. The van der Waals surface area contributed by atoms with Crippen molar-refractivity contribution in [2.75, 3.05) is 5.75 Å². The van der Waals surface area contributed by atoms with Gasteiger partial charge >= 0.3 is 0 Å². The molecule has 0 aliphatic heterocycles. The zero-order valence-electron chi connectivity index (χ0n) is 10.9. The number of ketones is 1. The Balaban J connectivity index is 1.77. The number of carbonyl (C=O) groups excluding carboxylic acids is 1. The third kappa shape index (κ3) is 2.55. The van der Waals surface area contributed by atoms with Crippen LogP contribution in [0.25, 0.3) is 10.8 Å². The molecule has 0 unspecified atom stereocenters. The van der Waals surface area contributed by atoms with Gasteiger partial charge in [-0.05, 0) is 27.3 Å². The molecule has 0 aliphatic carbocycles. The van der Waals surface area contributed by atoms with E-state index in [2.05, 4.69) is 15.5 Å². The second-order valence-corrected chi connectivity index (χ2v) is 5.30. The van der Waals surface area contributed by atoms with Crippen LogP contribution in [0.4, 0.5) is 0 Å². The minimum absolute atomic E-state index is 0.0729. The summed E-state index contributed by atoms with van der Waals surface area (Å²) in [6.07, 6.45) is 0. The van der Waals surface area contributed by atoms with E-state index < -0.39 is 0 Å². The molecule has 20 heavy (non-hydrogen) atoms. The molecule has 0 saturated heterocycles. The zero-order valence-corrected chi connectivity index (χ0v) is 11.7. The van der Waals surface area contributed by atoms with E-state index in [4.69, 9.17) is 0 Å². The molecule has 3 aromatic rings. The van der Waals surface area contributed by atoms with E-state index in [0.29, 0.717) is 16.5 Å². The number of hydrogen-bond acceptors (Lipinski definition) is 5. The van der Waals surface area contributed by atoms with Crippen molar-refractivity contribution in [3.63, 3.8) is 0 Å². The van der Waals surface area contributed by atoms with Gasteiger partial charge in [-0.1, -0.05) is 48.2 Å². The highest BCUT2D eigenvalue weighted by Crippen LogP contribution is 2.19. The molecule has 0 atom stereocenters. The van der Waals surface area contributed by atoms with Crippen molar-refractivity contribution >= 4 is 28.3 Å². The fourth-order valence-corrected chi connectivity index (χ4v) is 2.66. The Hall–Kier alpha value is -2.21. The zero-order chi connectivity index (χ0) is 13.9. The monoisotopic (exact) mass is 284 g/mol. The molecule has 0 radical (unpaired) electrons. The number of Topliss-reactive ketones (excluding diaryl/α,β-unsaturated/α-hetero) is 1. The van der Waals surface area contributed by atoms with Gasteiger partial charge in [-0.2, -0.15) is 0 Å². The first kappa shape index (κ1) is 12.8. The Morgan fingerprint density at radius 3 is 2.75 bits per heavy atom. The van der Waals surface area contributed by atoms with Crippen molar-refractivity contribution in [3.8, 4) is 0 Å². The van der Waals surface area contributed by atoms with Gasteiger partial charge in [0.1, 0.15) is 0 Å². The minimum Gasteiger partial charge on any atom is -0.293 e. The molecule has 0 amide bonds. The minimum atomic E-state index is 0.0729. The van der Waals surface area contributed by atoms with Gasteiger partial charge in [-0.15, -0.1) is 5.10 Å². The van der Waals surface area contributed by atoms with Crippen LogP contribution >= 0.6 is 11.8 Å². The molecule has 6 heteroatoms. The van der Waals surface area contributed by atoms with Gasteiger partial charge in [-0.25, -0.2) is 4.68 Å². The maximum absolute atomic E-state index is 12.2. The first-order valence-electron chi connectivity index (χ1n) is 6.11. The van der Waals surface area contributed by atoms with Gasteiger partial charge in [0.25, 0.3) is 0 Å². The fourth-order valence-electron chi connectivity index (χ4n) is 1.92. The first-order valence-corrected chi connectivity index (χ1v) is 7.10. The van der Waals surface area contributed by atoms with Crippen LogP contribution in [0.15, 0.2) is 47.6 Å². The lowest BCUT2D eigenvalue weighted by Gasteiger charge is -2.03. The summed E-state index contributed by atoms with van der Waals surface area (Å²) >= 11 is 1.34. The van der Waals surface area contributed by atoms with Crippen LogP contribution in [-0.4, -0.2) is 31.7 Å². The molecule has 2 aromatic carbocycles. The largest absolute Gasteiger partial charge is 0.293 e. The van der Waals surface area contributed by atoms with Gasteiger partial charge < -0.3 is 0 Å². The quantitative estimate of drug-likeness (QED) is 0.543. The van der Waals surface area contributed by atoms with E-state index in [-0.39, 0.29) is 5.78 Å². The fraction of sp³-hybridized carbons (Fsp3) is 0.143. The standard InChI is InChI=1S/C14H12N4OS/c1-18-14(15-16-17-18)20-9-13(19)12-7-6-10-4-2-3-5-11(10)8-12/h2-8H,9H2,1H3. The number of aryl methyl sites for hydroxylation is 1. The van der Waals surface area contributed by atoms with E-state index in [1.807, 2.05) is 42.5 Å². The smallest absolute Gasteiger partial charge is 0.209 e. The average molecular weight is 284 g/mol. The Morgan fingerprint density at radius 2 is 2.00 bits per heavy atom. The first-order chi connectivity index (χ1) is 9.74. The number of carbonyl (C=O) groups is 1. The number of nitrogens with zero attached hydrogens (tertiary/aromatic N) is 4. The molecule has 0 spiro atoms. The second kappa shape index (κ2) is 5.42. The number of tetrazole rings is 1. The SMILES string of the molecule is Cn1nnnc1SCC(=O)c1ccc2ccccc2c1. The molecule has 0 bridgehead atoms. The van der Waals surface area contributed by atoms with Crippen molar-refractivity contribution in [2.24, 2.45) is 7.05 Å². The van der Waals surface area contributed by atoms with Crippen molar-refractivity contribution in [2.45, 2.75) is 5.16 Å². The number of hydrogen-bond donors (Lipinski definition) is 0.